The number of allylic oxidation sites excluding steroid dienone is 1. The van der Waals surface area contributed by atoms with Gasteiger partial charge in [0, 0.05) is 18.7 Å². The Hall–Kier alpha value is -0.920. The summed E-state index contributed by atoms with van der Waals surface area (Å²) in [5, 5.41) is 0. The van der Waals surface area contributed by atoms with Crippen LogP contribution in [0.4, 0.5) is 0 Å². The first-order valence-electron chi connectivity index (χ1n) is 5.83. The molecule has 0 heterocycles. The summed E-state index contributed by atoms with van der Waals surface area (Å²) in [4.78, 5) is 8.91. The first-order chi connectivity index (χ1) is 7.15. The third-order valence-electron chi connectivity index (χ3n) is 3.10. The molecule has 84 valence electrons. The average Bonchev–Trinajstić information content (AvgIpc) is 2.26. The maximum absolute atomic E-state index is 4.59. The van der Waals surface area contributed by atoms with Crippen molar-refractivity contribution in [3.8, 4) is 0 Å². The number of amidine groups is 1. The van der Waals surface area contributed by atoms with E-state index in [4.69, 9.17) is 0 Å². The lowest BCUT2D eigenvalue weighted by atomic mass is 9.88. The largest absolute Gasteiger partial charge is 0.274 e. The van der Waals surface area contributed by atoms with E-state index in [1.54, 1.807) is 0 Å². The Morgan fingerprint density at radius 1 is 1.13 bits per heavy atom. The van der Waals surface area contributed by atoms with Crippen LogP contribution in [0.2, 0.25) is 0 Å². The van der Waals surface area contributed by atoms with Gasteiger partial charge in [-0.25, -0.2) is 4.99 Å². The second-order valence-corrected chi connectivity index (χ2v) is 4.39. The van der Waals surface area contributed by atoms with E-state index in [9.17, 15) is 0 Å². The van der Waals surface area contributed by atoms with Crippen molar-refractivity contribution in [2.24, 2.45) is 15.9 Å². The van der Waals surface area contributed by atoms with E-state index >= 15 is 0 Å². The summed E-state index contributed by atoms with van der Waals surface area (Å²) in [5.74, 6) is 1.60. The van der Waals surface area contributed by atoms with Gasteiger partial charge in [-0.3, -0.25) is 4.99 Å². The molecule has 0 radical (unpaired) electrons. The summed E-state index contributed by atoms with van der Waals surface area (Å²) >= 11 is 0. The molecule has 0 amide bonds. The zero-order valence-electron chi connectivity index (χ0n) is 10.2. The molecule has 1 fully saturated rings. The van der Waals surface area contributed by atoms with E-state index < -0.39 is 0 Å². The fourth-order valence-corrected chi connectivity index (χ4v) is 1.95. The zero-order chi connectivity index (χ0) is 11.3. The first kappa shape index (κ1) is 12.2. The highest BCUT2D eigenvalue weighted by Crippen LogP contribution is 2.25. The Balaban J connectivity index is 2.71. The normalized spacial score (nSPS) is 20.5. The van der Waals surface area contributed by atoms with E-state index in [0.717, 1.165) is 17.1 Å². The van der Waals surface area contributed by atoms with Gasteiger partial charge in [0.1, 0.15) is 5.84 Å². The number of nitrogens with zero attached hydrogens (tertiary/aromatic N) is 2. The minimum absolute atomic E-state index is 0.582. The Kier molecular flexibility index (Phi) is 4.73. The van der Waals surface area contributed by atoms with Crippen molar-refractivity contribution in [3.05, 3.63) is 12.2 Å². The average molecular weight is 206 g/mol. The van der Waals surface area contributed by atoms with Crippen LogP contribution in [0.25, 0.3) is 0 Å². The predicted molar refractivity (Wildman–Crippen MR) is 67.9 cm³/mol. The lowest BCUT2D eigenvalue weighted by Gasteiger charge is -2.21. The van der Waals surface area contributed by atoms with Gasteiger partial charge in [-0.05, 0) is 32.3 Å². The molecule has 0 aromatic carbocycles. The van der Waals surface area contributed by atoms with Crippen molar-refractivity contribution >= 4 is 11.5 Å². The molecule has 0 bridgehead atoms. The van der Waals surface area contributed by atoms with Crippen molar-refractivity contribution in [1.29, 1.82) is 0 Å². The molecule has 2 nitrogen and oxygen atoms in total. The third-order valence-corrected chi connectivity index (χ3v) is 3.10. The zero-order valence-corrected chi connectivity index (χ0v) is 10.2. The topological polar surface area (TPSA) is 24.7 Å². The molecule has 0 aromatic heterocycles. The number of rotatable bonds is 2. The summed E-state index contributed by atoms with van der Waals surface area (Å²) < 4.78 is 0. The standard InChI is InChI=1S/C13H22N2/c1-10(2)11(3)15-13(14-4)12-8-6-5-7-9-12/h12H,1,5-9H2,2-4H3. The van der Waals surface area contributed by atoms with E-state index in [0.29, 0.717) is 5.92 Å². The van der Waals surface area contributed by atoms with Crippen molar-refractivity contribution in [2.45, 2.75) is 46.0 Å². The van der Waals surface area contributed by atoms with Crippen LogP contribution in [0.5, 0.6) is 0 Å². The summed E-state index contributed by atoms with van der Waals surface area (Å²) in [6.45, 7) is 7.91. The molecule has 0 aromatic rings. The minimum Gasteiger partial charge on any atom is -0.274 e. The maximum Gasteiger partial charge on any atom is 0.126 e. The predicted octanol–water partition coefficient (Wildman–Crippen LogP) is 3.63. The number of hydrogen-bond donors (Lipinski definition) is 0. The van der Waals surface area contributed by atoms with Gasteiger partial charge in [-0.15, -0.1) is 0 Å². The van der Waals surface area contributed by atoms with Crippen molar-refractivity contribution in [3.63, 3.8) is 0 Å². The fourth-order valence-electron chi connectivity index (χ4n) is 1.95. The summed E-state index contributed by atoms with van der Waals surface area (Å²) in [6, 6.07) is 0. The van der Waals surface area contributed by atoms with Crippen LogP contribution in [0, 0.1) is 5.92 Å². The smallest absolute Gasteiger partial charge is 0.126 e. The minimum atomic E-state index is 0.582. The lowest BCUT2D eigenvalue weighted by molar-refractivity contribution is 0.437. The van der Waals surface area contributed by atoms with Crippen molar-refractivity contribution in [2.75, 3.05) is 7.05 Å². The van der Waals surface area contributed by atoms with Gasteiger partial charge in [0.05, 0.1) is 0 Å². The highest BCUT2D eigenvalue weighted by Gasteiger charge is 2.18. The van der Waals surface area contributed by atoms with Crippen LogP contribution in [0.15, 0.2) is 22.1 Å². The highest BCUT2D eigenvalue weighted by molar-refractivity contribution is 6.05. The molecule has 0 aliphatic heterocycles. The van der Waals surface area contributed by atoms with Crippen LogP contribution in [-0.4, -0.2) is 18.6 Å². The highest BCUT2D eigenvalue weighted by atomic mass is 14.9. The SMILES string of the molecule is C=C(C)C(C)=NC(=NC)C1CCCCC1. The Labute approximate surface area is 93.2 Å². The van der Waals surface area contributed by atoms with Crippen LogP contribution in [0.3, 0.4) is 0 Å². The molecule has 0 unspecified atom stereocenters. The molecule has 0 atom stereocenters. The van der Waals surface area contributed by atoms with Gasteiger partial charge >= 0.3 is 0 Å². The third kappa shape index (κ3) is 3.61. The molecule has 1 saturated carbocycles. The molecule has 2 heteroatoms. The van der Waals surface area contributed by atoms with Gasteiger partial charge in [0.15, 0.2) is 0 Å². The second kappa shape index (κ2) is 5.84. The summed E-state index contributed by atoms with van der Waals surface area (Å²) in [7, 11) is 1.85. The fraction of sp³-hybridized carbons (Fsp3) is 0.692. The Bertz CT molecular complexity index is 281. The van der Waals surface area contributed by atoms with Crippen LogP contribution < -0.4 is 0 Å². The van der Waals surface area contributed by atoms with E-state index in [-0.39, 0.29) is 0 Å². The molecule has 1 aliphatic carbocycles. The van der Waals surface area contributed by atoms with Gasteiger partial charge in [0.2, 0.25) is 0 Å². The van der Waals surface area contributed by atoms with Crippen LogP contribution >= 0.6 is 0 Å². The van der Waals surface area contributed by atoms with Crippen LogP contribution in [-0.2, 0) is 0 Å². The molecule has 1 aliphatic rings. The first-order valence-corrected chi connectivity index (χ1v) is 5.83. The van der Waals surface area contributed by atoms with E-state index in [2.05, 4.69) is 16.6 Å². The van der Waals surface area contributed by atoms with E-state index in [1.807, 2.05) is 20.9 Å². The van der Waals surface area contributed by atoms with Crippen molar-refractivity contribution in [1.82, 2.24) is 0 Å². The molecule has 15 heavy (non-hydrogen) atoms. The van der Waals surface area contributed by atoms with Crippen molar-refractivity contribution < 1.29 is 0 Å². The Morgan fingerprint density at radius 3 is 2.20 bits per heavy atom. The van der Waals surface area contributed by atoms with Gasteiger partial charge in [0.25, 0.3) is 0 Å². The van der Waals surface area contributed by atoms with Gasteiger partial charge in [-0.1, -0.05) is 25.8 Å². The maximum atomic E-state index is 4.59. The lowest BCUT2D eigenvalue weighted by Crippen LogP contribution is -2.17. The molecule has 0 N–H and O–H groups in total. The summed E-state index contributed by atoms with van der Waals surface area (Å²) in [6.07, 6.45) is 6.52. The number of hydrogen-bond acceptors (Lipinski definition) is 1. The van der Waals surface area contributed by atoms with Gasteiger partial charge in [-0.2, -0.15) is 0 Å². The monoisotopic (exact) mass is 206 g/mol. The van der Waals surface area contributed by atoms with Gasteiger partial charge < -0.3 is 0 Å². The van der Waals surface area contributed by atoms with E-state index in [1.165, 1.54) is 32.1 Å². The molecular weight excluding hydrogens is 184 g/mol. The summed E-state index contributed by atoms with van der Waals surface area (Å²) in [5.41, 5.74) is 2.05. The quantitative estimate of drug-likeness (QED) is 0.487. The molecule has 0 spiro atoms. The Morgan fingerprint density at radius 2 is 1.73 bits per heavy atom. The number of aliphatic imine (C=N–C) groups is 2. The molecule has 1 rings (SSSR count). The molecular formula is C13H22N2. The second-order valence-electron chi connectivity index (χ2n) is 4.39. The molecule has 0 saturated heterocycles. The van der Waals surface area contributed by atoms with Crippen LogP contribution in [0.1, 0.15) is 46.0 Å².